The van der Waals surface area contributed by atoms with Gasteiger partial charge in [-0.25, -0.2) is 0 Å². The van der Waals surface area contributed by atoms with Crippen molar-refractivity contribution in [2.24, 2.45) is 0 Å². The normalized spacial score (nSPS) is 13.1. The Morgan fingerprint density at radius 2 is 1.81 bits per heavy atom. The molecule has 136 valence electrons. The Morgan fingerprint density at radius 1 is 1.04 bits per heavy atom. The van der Waals surface area contributed by atoms with Gasteiger partial charge in [-0.1, -0.05) is 41.9 Å². The Morgan fingerprint density at radius 3 is 2.59 bits per heavy atom. The van der Waals surface area contributed by atoms with Crippen molar-refractivity contribution in [3.63, 3.8) is 0 Å². The largest absolute Gasteiger partial charge is 0.365 e. The van der Waals surface area contributed by atoms with Crippen LogP contribution in [0.5, 0.6) is 0 Å². The second-order valence-electron chi connectivity index (χ2n) is 6.40. The van der Waals surface area contributed by atoms with Crippen LogP contribution in [-0.2, 0) is 6.54 Å². The number of carbonyl (C=O) groups excluding carboxylic acids is 1. The van der Waals surface area contributed by atoms with Gasteiger partial charge in [0.2, 0.25) is 0 Å². The fourth-order valence-corrected chi connectivity index (χ4v) is 4.28. The molecule has 0 aromatic heterocycles. The smallest absolute Gasteiger partial charge is 0.255 e. The van der Waals surface area contributed by atoms with Crippen molar-refractivity contribution in [3.8, 4) is 0 Å². The standard InChI is InChI=1S/C22H19ClN2OS/c23-18-7-9-19(10-8-18)24-22(26)17-6-11-21-20(14-17)25(12-13-27-21)15-16-4-2-1-3-5-16/h1-11,14H,12-13,15H2,(H,24,26). The maximum absolute atomic E-state index is 12.7. The van der Waals surface area contributed by atoms with Gasteiger partial charge >= 0.3 is 0 Å². The number of benzene rings is 3. The SMILES string of the molecule is O=C(Nc1ccc(Cl)cc1)c1ccc2c(c1)N(Cc1ccccc1)CCS2. The van der Waals surface area contributed by atoms with Crippen LogP contribution in [0.15, 0.2) is 77.7 Å². The van der Waals surface area contributed by atoms with Crippen molar-refractivity contribution in [2.75, 3.05) is 22.5 Å². The van der Waals surface area contributed by atoms with Crippen molar-refractivity contribution in [3.05, 3.63) is 88.9 Å². The van der Waals surface area contributed by atoms with Gasteiger partial charge in [-0.05, 0) is 48.0 Å². The predicted octanol–water partition coefficient (Wildman–Crippen LogP) is 5.70. The highest BCUT2D eigenvalue weighted by atomic mass is 35.5. The topological polar surface area (TPSA) is 32.3 Å². The highest BCUT2D eigenvalue weighted by Crippen LogP contribution is 2.36. The molecule has 0 unspecified atom stereocenters. The lowest BCUT2D eigenvalue weighted by atomic mass is 10.1. The van der Waals surface area contributed by atoms with Gasteiger partial charge in [0.25, 0.3) is 5.91 Å². The number of carbonyl (C=O) groups is 1. The van der Waals surface area contributed by atoms with Crippen LogP contribution < -0.4 is 10.2 Å². The summed E-state index contributed by atoms with van der Waals surface area (Å²) >= 11 is 7.75. The Bertz CT molecular complexity index is 944. The molecule has 5 heteroatoms. The molecule has 3 aromatic rings. The summed E-state index contributed by atoms with van der Waals surface area (Å²) in [6, 6.07) is 23.5. The van der Waals surface area contributed by atoms with Gasteiger partial charge in [-0.15, -0.1) is 11.8 Å². The van der Waals surface area contributed by atoms with E-state index in [0.29, 0.717) is 10.6 Å². The minimum absolute atomic E-state index is 0.115. The number of nitrogens with zero attached hydrogens (tertiary/aromatic N) is 1. The molecule has 4 rings (SSSR count). The average Bonchev–Trinajstić information content (AvgIpc) is 2.70. The third-order valence-electron chi connectivity index (χ3n) is 4.50. The van der Waals surface area contributed by atoms with Crippen LogP contribution in [0.2, 0.25) is 5.02 Å². The number of rotatable bonds is 4. The van der Waals surface area contributed by atoms with Crippen molar-refractivity contribution in [1.82, 2.24) is 0 Å². The fraction of sp³-hybridized carbons (Fsp3) is 0.136. The van der Waals surface area contributed by atoms with Crippen LogP contribution in [-0.4, -0.2) is 18.2 Å². The summed E-state index contributed by atoms with van der Waals surface area (Å²) in [4.78, 5) is 16.3. The van der Waals surface area contributed by atoms with Gasteiger partial charge < -0.3 is 10.2 Å². The summed E-state index contributed by atoms with van der Waals surface area (Å²) in [6.45, 7) is 1.81. The number of fused-ring (bicyclic) bond motifs is 1. The molecule has 0 aliphatic carbocycles. The summed E-state index contributed by atoms with van der Waals surface area (Å²) in [7, 11) is 0. The third-order valence-corrected chi connectivity index (χ3v) is 5.79. The first-order chi connectivity index (χ1) is 13.2. The van der Waals surface area contributed by atoms with E-state index >= 15 is 0 Å². The summed E-state index contributed by atoms with van der Waals surface area (Å²) in [6.07, 6.45) is 0. The van der Waals surface area contributed by atoms with Gasteiger partial charge in [0.05, 0.1) is 5.69 Å². The van der Waals surface area contributed by atoms with Gasteiger partial charge in [-0.3, -0.25) is 4.79 Å². The summed E-state index contributed by atoms with van der Waals surface area (Å²) in [5.74, 6) is 0.936. The van der Waals surface area contributed by atoms with Gasteiger partial charge in [-0.2, -0.15) is 0 Å². The quantitative estimate of drug-likeness (QED) is 0.615. The molecule has 1 amide bonds. The zero-order valence-electron chi connectivity index (χ0n) is 14.7. The van der Waals surface area contributed by atoms with Crippen LogP contribution in [0.3, 0.4) is 0 Å². The molecule has 0 bridgehead atoms. The Hall–Kier alpha value is -2.43. The third kappa shape index (κ3) is 4.29. The van der Waals surface area contributed by atoms with Crippen molar-refractivity contribution in [1.29, 1.82) is 0 Å². The van der Waals surface area contributed by atoms with E-state index in [4.69, 9.17) is 11.6 Å². The molecular formula is C22H19ClN2OS. The highest BCUT2D eigenvalue weighted by Gasteiger charge is 2.19. The van der Waals surface area contributed by atoms with E-state index in [1.165, 1.54) is 10.5 Å². The zero-order chi connectivity index (χ0) is 18.6. The average molecular weight is 395 g/mol. The van der Waals surface area contributed by atoms with Crippen molar-refractivity contribution >= 4 is 40.6 Å². The Kier molecular flexibility index (Phi) is 5.37. The molecule has 0 saturated carbocycles. The molecular weight excluding hydrogens is 376 g/mol. The minimum Gasteiger partial charge on any atom is -0.365 e. The van der Waals surface area contributed by atoms with E-state index in [1.54, 1.807) is 24.3 Å². The van der Waals surface area contributed by atoms with Crippen LogP contribution in [0.4, 0.5) is 11.4 Å². The molecule has 27 heavy (non-hydrogen) atoms. The molecule has 0 saturated heterocycles. The molecule has 3 nitrogen and oxygen atoms in total. The summed E-state index contributed by atoms with van der Waals surface area (Å²) in [5, 5.41) is 3.58. The number of halogens is 1. The Balaban J connectivity index is 1.56. The lowest BCUT2D eigenvalue weighted by molar-refractivity contribution is 0.102. The van der Waals surface area contributed by atoms with Crippen molar-refractivity contribution in [2.45, 2.75) is 11.4 Å². The second kappa shape index (κ2) is 8.07. The van der Waals surface area contributed by atoms with Crippen LogP contribution >= 0.6 is 23.4 Å². The predicted molar refractivity (Wildman–Crippen MR) is 114 cm³/mol. The molecule has 1 heterocycles. The van der Waals surface area contributed by atoms with Crippen molar-refractivity contribution < 1.29 is 4.79 Å². The first kappa shape index (κ1) is 18.0. The molecule has 1 N–H and O–H groups in total. The minimum atomic E-state index is -0.115. The summed E-state index contributed by atoms with van der Waals surface area (Å²) in [5.41, 5.74) is 3.78. The van der Waals surface area contributed by atoms with Crippen LogP contribution in [0.25, 0.3) is 0 Å². The first-order valence-electron chi connectivity index (χ1n) is 8.82. The maximum atomic E-state index is 12.7. The van der Waals surface area contributed by atoms with Gasteiger partial charge in [0.1, 0.15) is 0 Å². The van der Waals surface area contributed by atoms with Crippen LogP contribution in [0, 0.1) is 0 Å². The molecule has 1 aliphatic heterocycles. The number of nitrogens with one attached hydrogen (secondary N) is 1. The number of anilines is 2. The fourth-order valence-electron chi connectivity index (χ4n) is 3.12. The number of hydrogen-bond acceptors (Lipinski definition) is 3. The molecule has 0 atom stereocenters. The zero-order valence-corrected chi connectivity index (χ0v) is 16.3. The maximum Gasteiger partial charge on any atom is 0.255 e. The Labute approximate surface area is 168 Å². The number of thioether (sulfide) groups is 1. The van der Waals surface area contributed by atoms with E-state index in [1.807, 2.05) is 36.0 Å². The lowest BCUT2D eigenvalue weighted by Crippen LogP contribution is -2.29. The number of amides is 1. The van der Waals surface area contributed by atoms with Gasteiger partial charge in [0, 0.05) is 40.0 Å². The molecule has 0 spiro atoms. The molecule has 0 fully saturated rings. The first-order valence-corrected chi connectivity index (χ1v) is 10.2. The second-order valence-corrected chi connectivity index (χ2v) is 7.97. The molecule has 3 aromatic carbocycles. The van der Waals surface area contributed by atoms with Gasteiger partial charge in [0.15, 0.2) is 0 Å². The molecule has 1 aliphatic rings. The monoisotopic (exact) mass is 394 g/mol. The van der Waals surface area contributed by atoms with E-state index < -0.39 is 0 Å². The summed E-state index contributed by atoms with van der Waals surface area (Å²) < 4.78 is 0. The highest BCUT2D eigenvalue weighted by molar-refractivity contribution is 7.99. The van der Waals surface area contributed by atoms with E-state index in [0.717, 1.165) is 30.2 Å². The van der Waals surface area contributed by atoms with E-state index in [-0.39, 0.29) is 5.91 Å². The number of hydrogen-bond donors (Lipinski definition) is 1. The van der Waals surface area contributed by atoms with E-state index in [2.05, 4.69) is 34.5 Å². The lowest BCUT2D eigenvalue weighted by Gasteiger charge is -2.31. The van der Waals surface area contributed by atoms with E-state index in [9.17, 15) is 4.79 Å². The molecule has 0 radical (unpaired) electrons. The van der Waals surface area contributed by atoms with Crippen LogP contribution in [0.1, 0.15) is 15.9 Å².